The summed E-state index contributed by atoms with van der Waals surface area (Å²) in [5.74, 6) is -3.40. The quantitative estimate of drug-likeness (QED) is 0.491. The van der Waals surface area contributed by atoms with Crippen molar-refractivity contribution in [3.63, 3.8) is 0 Å². The molecule has 0 aliphatic carbocycles. The van der Waals surface area contributed by atoms with Crippen molar-refractivity contribution in [3.8, 4) is 11.3 Å². The van der Waals surface area contributed by atoms with E-state index in [1.54, 1.807) is 20.8 Å². The van der Waals surface area contributed by atoms with Crippen LogP contribution in [-0.2, 0) is 11.3 Å². The van der Waals surface area contributed by atoms with Crippen LogP contribution < -0.4 is 10.6 Å². The number of nitrogens with one attached hydrogen (secondary N) is 2. The van der Waals surface area contributed by atoms with Gasteiger partial charge in [0.15, 0.2) is 16.7 Å². The van der Waals surface area contributed by atoms with Crippen LogP contribution in [0.2, 0.25) is 5.15 Å². The second kappa shape index (κ2) is 10.1. The molecule has 34 heavy (non-hydrogen) atoms. The summed E-state index contributed by atoms with van der Waals surface area (Å²) in [6.07, 6.45) is -0.927. The lowest BCUT2D eigenvalue weighted by Crippen LogP contribution is -2.30. The molecule has 0 unspecified atom stereocenters. The van der Waals surface area contributed by atoms with E-state index in [1.165, 1.54) is 30.3 Å². The molecule has 2 amide bonds. The van der Waals surface area contributed by atoms with Crippen LogP contribution in [0.15, 0.2) is 42.5 Å². The molecule has 1 aromatic heterocycles. The molecule has 0 spiro atoms. The summed E-state index contributed by atoms with van der Waals surface area (Å²) in [4.78, 5) is 33.4. The van der Waals surface area contributed by atoms with E-state index in [9.17, 15) is 22.8 Å². The summed E-state index contributed by atoms with van der Waals surface area (Å²) in [5.41, 5.74) is -1.21. The van der Waals surface area contributed by atoms with Crippen molar-refractivity contribution in [2.24, 2.45) is 0 Å². The number of halogens is 4. The van der Waals surface area contributed by atoms with Crippen molar-refractivity contribution in [1.29, 1.82) is 0 Å². The summed E-state index contributed by atoms with van der Waals surface area (Å²) in [6.45, 7) is 4.42. The highest BCUT2D eigenvalue weighted by atomic mass is 35.5. The van der Waals surface area contributed by atoms with Gasteiger partial charge < -0.3 is 10.1 Å². The minimum Gasteiger partial charge on any atom is -0.444 e. The second-order valence-corrected chi connectivity index (χ2v) is 8.43. The van der Waals surface area contributed by atoms with Gasteiger partial charge in [-0.3, -0.25) is 10.1 Å². The zero-order valence-electron chi connectivity index (χ0n) is 18.4. The molecular weight excluding hydrogens is 473 g/mol. The molecule has 0 aliphatic heterocycles. The lowest BCUT2D eigenvalue weighted by atomic mass is 10.1. The van der Waals surface area contributed by atoms with E-state index < -0.39 is 47.3 Å². The molecule has 2 N–H and O–H groups in total. The first kappa shape index (κ1) is 25.0. The topological polar surface area (TPSA) is 93.2 Å². The first-order valence-corrected chi connectivity index (χ1v) is 10.4. The SMILES string of the molecule is CC(C)(C)OC(=O)Nc1nc(-c2ccc(F)cc2)c(Cl)nc1C(=O)NCc1c(F)cccc1F. The van der Waals surface area contributed by atoms with Gasteiger partial charge in [-0.2, -0.15) is 0 Å². The Morgan fingerprint density at radius 1 is 1.00 bits per heavy atom. The Labute approximate surface area is 198 Å². The van der Waals surface area contributed by atoms with E-state index >= 15 is 0 Å². The monoisotopic (exact) mass is 492 g/mol. The molecule has 0 saturated carbocycles. The van der Waals surface area contributed by atoms with Crippen LogP contribution in [0.3, 0.4) is 0 Å². The van der Waals surface area contributed by atoms with Gasteiger partial charge in [-0.25, -0.2) is 27.9 Å². The van der Waals surface area contributed by atoms with Gasteiger partial charge in [0.05, 0.1) is 0 Å². The van der Waals surface area contributed by atoms with E-state index in [2.05, 4.69) is 20.6 Å². The summed E-state index contributed by atoms with van der Waals surface area (Å²) in [6, 6.07) is 8.43. The molecule has 1 heterocycles. The van der Waals surface area contributed by atoms with Gasteiger partial charge in [0.2, 0.25) is 0 Å². The smallest absolute Gasteiger partial charge is 0.413 e. The van der Waals surface area contributed by atoms with Crippen LogP contribution >= 0.6 is 11.6 Å². The average molecular weight is 493 g/mol. The Morgan fingerprint density at radius 2 is 1.62 bits per heavy atom. The van der Waals surface area contributed by atoms with Gasteiger partial charge in [-0.05, 0) is 57.2 Å². The van der Waals surface area contributed by atoms with Crippen LogP contribution in [0, 0.1) is 17.5 Å². The molecule has 0 bridgehead atoms. The standard InChI is InChI=1S/C23H20ClF3N4O3/c1-23(2,3)34-22(33)31-20-18(21(32)28-11-14-15(26)5-4-6-16(14)27)29-19(24)17(30-20)12-7-9-13(25)10-8-12/h4-10H,11H2,1-3H3,(H,28,32)(H,30,31,33). The van der Waals surface area contributed by atoms with Crippen molar-refractivity contribution >= 4 is 29.4 Å². The highest BCUT2D eigenvalue weighted by molar-refractivity contribution is 6.32. The zero-order valence-corrected chi connectivity index (χ0v) is 19.1. The molecule has 0 saturated heterocycles. The number of carbonyl (C=O) groups excluding carboxylic acids is 2. The van der Waals surface area contributed by atoms with Gasteiger partial charge in [-0.15, -0.1) is 0 Å². The fourth-order valence-electron chi connectivity index (χ4n) is 2.81. The number of hydrogen-bond donors (Lipinski definition) is 2. The minimum atomic E-state index is -0.927. The van der Waals surface area contributed by atoms with Gasteiger partial charge in [0.1, 0.15) is 28.7 Å². The third-order valence-corrected chi connectivity index (χ3v) is 4.56. The van der Waals surface area contributed by atoms with Crippen LogP contribution in [0.4, 0.5) is 23.8 Å². The Bertz CT molecular complexity index is 1210. The Kier molecular flexibility index (Phi) is 7.41. The summed E-state index contributed by atoms with van der Waals surface area (Å²) >= 11 is 6.22. The lowest BCUT2D eigenvalue weighted by molar-refractivity contribution is 0.0635. The van der Waals surface area contributed by atoms with E-state index in [-0.39, 0.29) is 22.2 Å². The molecule has 11 heteroatoms. The molecule has 0 aliphatic rings. The molecule has 0 radical (unpaired) electrons. The molecule has 7 nitrogen and oxygen atoms in total. The minimum absolute atomic E-state index is 0.0597. The highest BCUT2D eigenvalue weighted by Crippen LogP contribution is 2.28. The molecule has 0 fully saturated rings. The van der Waals surface area contributed by atoms with Gasteiger partial charge >= 0.3 is 6.09 Å². The fraction of sp³-hybridized carbons (Fsp3) is 0.217. The third kappa shape index (κ3) is 6.22. The van der Waals surface area contributed by atoms with E-state index in [0.717, 1.165) is 12.1 Å². The number of anilines is 1. The maximum atomic E-state index is 13.9. The van der Waals surface area contributed by atoms with Gasteiger partial charge in [0.25, 0.3) is 5.91 Å². The van der Waals surface area contributed by atoms with Gasteiger partial charge in [-0.1, -0.05) is 17.7 Å². The summed E-state index contributed by atoms with van der Waals surface area (Å²) in [5, 5.41) is 4.45. The van der Waals surface area contributed by atoms with Gasteiger partial charge in [0, 0.05) is 17.7 Å². The highest BCUT2D eigenvalue weighted by Gasteiger charge is 2.24. The van der Waals surface area contributed by atoms with Crippen LogP contribution in [0.5, 0.6) is 0 Å². The maximum absolute atomic E-state index is 13.9. The number of hydrogen-bond acceptors (Lipinski definition) is 5. The summed E-state index contributed by atoms with van der Waals surface area (Å²) < 4.78 is 46.3. The number of benzene rings is 2. The van der Waals surface area contributed by atoms with E-state index in [4.69, 9.17) is 16.3 Å². The number of ether oxygens (including phenoxy) is 1. The zero-order chi connectivity index (χ0) is 25.0. The Hall–Kier alpha value is -3.66. The fourth-order valence-corrected chi connectivity index (χ4v) is 3.04. The molecular formula is C23H20ClF3N4O3. The second-order valence-electron chi connectivity index (χ2n) is 8.08. The Balaban J connectivity index is 1.96. The Morgan fingerprint density at radius 3 is 2.21 bits per heavy atom. The maximum Gasteiger partial charge on any atom is 0.413 e. The van der Waals surface area contributed by atoms with Crippen LogP contribution in [-0.4, -0.2) is 27.6 Å². The lowest BCUT2D eigenvalue weighted by Gasteiger charge is -2.20. The van der Waals surface area contributed by atoms with Crippen molar-refractivity contribution in [2.45, 2.75) is 32.9 Å². The number of rotatable bonds is 5. The van der Waals surface area contributed by atoms with Crippen molar-refractivity contribution < 1.29 is 27.5 Å². The van der Waals surface area contributed by atoms with Crippen LogP contribution in [0.25, 0.3) is 11.3 Å². The molecule has 0 atom stereocenters. The van der Waals surface area contributed by atoms with E-state index in [1.807, 2.05) is 0 Å². The number of amides is 2. The number of nitrogens with zero attached hydrogens (tertiary/aromatic N) is 2. The van der Waals surface area contributed by atoms with Crippen LogP contribution in [0.1, 0.15) is 36.8 Å². The average Bonchev–Trinajstić information content (AvgIpc) is 2.73. The summed E-state index contributed by atoms with van der Waals surface area (Å²) in [7, 11) is 0. The molecule has 2 aromatic carbocycles. The molecule has 3 aromatic rings. The van der Waals surface area contributed by atoms with E-state index in [0.29, 0.717) is 5.56 Å². The third-order valence-electron chi connectivity index (χ3n) is 4.29. The number of carbonyl (C=O) groups is 2. The number of aromatic nitrogens is 2. The first-order chi connectivity index (χ1) is 15.9. The predicted molar refractivity (Wildman–Crippen MR) is 120 cm³/mol. The predicted octanol–water partition coefficient (Wildman–Crippen LogP) is 5.49. The van der Waals surface area contributed by atoms with Crippen molar-refractivity contribution in [3.05, 3.63) is 76.3 Å². The normalized spacial score (nSPS) is 11.1. The largest absolute Gasteiger partial charge is 0.444 e. The first-order valence-electron chi connectivity index (χ1n) is 9.99. The van der Waals surface area contributed by atoms with Crippen molar-refractivity contribution in [2.75, 3.05) is 5.32 Å². The molecule has 178 valence electrons. The van der Waals surface area contributed by atoms with Crippen molar-refractivity contribution in [1.82, 2.24) is 15.3 Å². The molecule has 3 rings (SSSR count).